The Hall–Kier alpha value is -2.41. The fraction of sp³-hybridized carbons (Fsp3) is 0.214. The molecule has 0 fully saturated rings. The highest BCUT2D eigenvalue weighted by Gasteiger charge is 2.13. The minimum absolute atomic E-state index is 0.0300. The second-order valence-corrected chi connectivity index (χ2v) is 4.24. The van der Waals surface area contributed by atoms with Crippen LogP contribution in [0, 0.1) is 11.3 Å². The highest BCUT2D eigenvalue weighted by atomic mass is 16.1. The topological polar surface area (TPSA) is 58.7 Å². The van der Waals surface area contributed by atoms with Gasteiger partial charge in [-0.1, -0.05) is 6.07 Å². The van der Waals surface area contributed by atoms with Crippen molar-refractivity contribution in [3.8, 4) is 17.3 Å². The van der Waals surface area contributed by atoms with Gasteiger partial charge in [0.05, 0.1) is 5.69 Å². The average molecular weight is 239 g/mol. The van der Waals surface area contributed by atoms with E-state index in [0.717, 1.165) is 0 Å². The summed E-state index contributed by atoms with van der Waals surface area (Å²) >= 11 is 0. The fourth-order valence-electron chi connectivity index (χ4n) is 1.80. The maximum Gasteiger partial charge on any atom is 0.269 e. The normalized spacial score (nSPS) is 10.3. The zero-order valence-corrected chi connectivity index (χ0v) is 10.3. The standard InChI is InChI=1S/C14H13N3O/c1-10(2)17-8-6-11(12(9-15)14(17)18)13-5-3-4-7-16-13/h3-8,10H,1-2H3. The van der Waals surface area contributed by atoms with E-state index >= 15 is 0 Å². The Morgan fingerprint density at radius 2 is 2.11 bits per heavy atom. The summed E-state index contributed by atoms with van der Waals surface area (Å²) in [4.78, 5) is 16.3. The molecule has 2 heterocycles. The van der Waals surface area contributed by atoms with Gasteiger partial charge in [0.25, 0.3) is 5.56 Å². The third-order valence-electron chi connectivity index (χ3n) is 2.73. The van der Waals surface area contributed by atoms with E-state index in [0.29, 0.717) is 11.3 Å². The predicted molar refractivity (Wildman–Crippen MR) is 69.0 cm³/mol. The van der Waals surface area contributed by atoms with Crippen molar-refractivity contribution < 1.29 is 0 Å². The summed E-state index contributed by atoms with van der Waals surface area (Å²) in [6.45, 7) is 3.81. The van der Waals surface area contributed by atoms with Crippen LogP contribution in [-0.2, 0) is 0 Å². The van der Waals surface area contributed by atoms with Crippen LogP contribution >= 0.6 is 0 Å². The zero-order valence-electron chi connectivity index (χ0n) is 10.3. The summed E-state index contributed by atoms with van der Waals surface area (Å²) in [5.74, 6) is 0. The number of pyridine rings is 2. The second-order valence-electron chi connectivity index (χ2n) is 4.24. The van der Waals surface area contributed by atoms with Crippen LogP contribution in [0.5, 0.6) is 0 Å². The Balaban J connectivity index is 2.69. The van der Waals surface area contributed by atoms with Gasteiger partial charge in [-0.05, 0) is 32.0 Å². The highest BCUT2D eigenvalue weighted by molar-refractivity contribution is 5.66. The lowest BCUT2D eigenvalue weighted by Gasteiger charge is -2.11. The van der Waals surface area contributed by atoms with Gasteiger partial charge < -0.3 is 4.57 Å². The summed E-state index contributed by atoms with van der Waals surface area (Å²) in [5, 5.41) is 9.18. The van der Waals surface area contributed by atoms with Crippen molar-refractivity contribution in [2.24, 2.45) is 0 Å². The maximum atomic E-state index is 12.1. The molecular formula is C14H13N3O. The predicted octanol–water partition coefficient (Wildman–Crippen LogP) is 2.36. The lowest BCUT2D eigenvalue weighted by atomic mass is 10.1. The molecule has 0 bridgehead atoms. The number of nitriles is 1. The van der Waals surface area contributed by atoms with Gasteiger partial charge in [0.15, 0.2) is 0 Å². The first-order valence-corrected chi connectivity index (χ1v) is 5.71. The molecular weight excluding hydrogens is 226 g/mol. The number of rotatable bonds is 2. The van der Waals surface area contributed by atoms with Crippen LogP contribution in [0.4, 0.5) is 0 Å². The van der Waals surface area contributed by atoms with Gasteiger partial charge in [0.2, 0.25) is 0 Å². The molecule has 0 aliphatic carbocycles. The van der Waals surface area contributed by atoms with Crippen LogP contribution in [0.2, 0.25) is 0 Å². The zero-order chi connectivity index (χ0) is 13.1. The van der Waals surface area contributed by atoms with E-state index in [1.807, 2.05) is 26.0 Å². The first-order chi connectivity index (χ1) is 8.65. The Morgan fingerprint density at radius 3 is 2.67 bits per heavy atom. The Bertz CT molecular complexity index is 651. The van der Waals surface area contributed by atoms with Gasteiger partial charge in [-0.3, -0.25) is 9.78 Å². The van der Waals surface area contributed by atoms with Crippen molar-refractivity contribution in [2.45, 2.75) is 19.9 Å². The molecule has 0 unspecified atom stereocenters. The van der Waals surface area contributed by atoms with E-state index < -0.39 is 0 Å². The summed E-state index contributed by atoms with van der Waals surface area (Å²) in [5.41, 5.74) is 1.10. The molecule has 0 aliphatic heterocycles. The van der Waals surface area contributed by atoms with Crippen molar-refractivity contribution >= 4 is 0 Å². The van der Waals surface area contributed by atoms with Crippen LogP contribution in [0.15, 0.2) is 41.5 Å². The quantitative estimate of drug-likeness (QED) is 0.808. The molecule has 18 heavy (non-hydrogen) atoms. The van der Waals surface area contributed by atoms with Gasteiger partial charge in [0.1, 0.15) is 11.6 Å². The molecule has 0 aromatic carbocycles. The number of nitrogens with zero attached hydrogens (tertiary/aromatic N) is 3. The lowest BCUT2D eigenvalue weighted by molar-refractivity contribution is 0.577. The molecule has 2 rings (SSSR count). The number of hydrogen-bond donors (Lipinski definition) is 0. The third-order valence-corrected chi connectivity index (χ3v) is 2.73. The molecule has 0 saturated carbocycles. The molecule has 0 spiro atoms. The molecule has 0 aliphatic rings. The van der Waals surface area contributed by atoms with E-state index in [-0.39, 0.29) is 17.2 Å². The molecule has 0 radical (unpaired) electrons. The molecule has 2 aromatic heterocycles. The SMILES string of the molecule is CC(C)n1ccc(-c2ccccn2)c(C#N)c1=O. The van der Waals surface area contributed by atoms with Gasteiger partial charge in [0, 0.05) is 24.0 Å². The molecule has 0 saturated heterocycles. The van der Waals surface area contributed by atoms with E-state index in [1.54, 1.807) is 35.2 Å². The number of aromatic nitrogens is 2. The van der Waals surface area contributed by atoms with Gasteiger partial charge in [-0.15, -0.1) is 0 Å². The monoisotopic (exact) mass is 239 g/mol. The minimum Gasteiger partial charge on any atom is -0.312 e. The van der Waals surface area contributed by atoms with Crippen LogP contribution in [0.1, 0.15) is 25.5 Å². The van der Waals surface area contributed by atoms with Crippen LogP contribution in [0.25, 0.3) is 11.3 Å². The van der Waals surface area contributed by atoms with Crippen LogP contribution in [0.3, 0.4) is 0 Å². The van der Waals surface area contributed by atoms with Crippen molar-refractivity contribution in [1.82, 2.24) is 9.55 Å². The van der Waals surface area contributed by atoms with Crippen LogP contribution < -0.4 is 5.56 Å². The van der Waals surface area contributed by atoms with Crippen molar-refractivity contribution in [3.63, 3.8) is 0 Å². The first kappa shape index (κ1) is 12.1. The van der Waals surface area contributed by atoms with E-state index in [4.69, 9.17) is 0 Å². The van der Waals surface area contributed by atoms with Crippen molar-refractivity contribution in [1.29, 1.82) is 5.26 Å². The Morgan fingerprint density at radius 1 is 1.33 bits per heavy atom. The van der Waals surface area contributed by atoms with Crippen molar-refractivity contribution in [3.05, 3.63) is 52.6 Å². The molecule has 0 atom stereocenters. The summed E-state index contributed by atoms with van der Waals surface area (Å²) in [6.07, 6.45) is 3.35. The van der Waals surface area contributed by atoms with Gasteiger partial charge in [-0.2, -0.15) is 5.26 Å². The summed E-state index contributed by atoms with van der Waals surface area (Å²) in [7, 11) is 0. The fourth-order valence-corrected chi connectivity index (χ4v) is 1.80. The van der Waals surface area contributed by atoms with Crippen LogP contribution in [-0.4, -0.2) is 9.55 Å². The lowest BCUT2D eigenvalue weighted by Crippen LogP contribution is -2.24. The minimum atomic E-state index is -0.268. The Labute approximate surface area is 105 Å². The van der Waals surface area contributed by atoms with E-state index in [2.05, 4.69) is 4.98 Å². The molecule has 90 valence electrons. The molecule has 0 N–H and O–H groups in total. The second kappa shape index (κ2) is 4.84. The maximum absolute atomic E-state index is 12.1. The first-order valence-electron chi connectivity index (χ1n) is 5.71. The van der Waals surface area contributed by atoms with Gasteiger partial charge >= 0.3 is 0 Å². The van der Waals surface area contributed by atoms with E-state index in [1.165, 1.54) is 0 Å². The molecule has 4 heteroatoms. The Kier molecular flexibility index (Phi) is 3.24. The van der Waals surface area contributed by atoms with E-state index in [9.17, 15) is 10.1 Å². The van der Waals surface area contributed by atoms with Crippen molar-refractivity contribution in [2.75, 3.05) is 0 Å². The smallest absolute Gasteiger partial charge is 0.269 e. The summed E-state index contributed by atoms with van der Waals surface area (Å²) in [6, 6.07) is 9.19. The molecule has 0 amide bonds. The average Bonchev–Trinajstić information content (AvgIpc) is 2.39. The molecule has 4 nitrogen and oxygen atoms in total. The highest BCUT2D eigenvalue weighted by Crippen LogP contribution is 2.18. The van der Waals surface area contributed by atoms with Gasteiger partial charge in [-0.25, -0.2) is 0 Å². The number of hydrogen-bond acceptors (Lipinski definition) is 3. The molecule has 2 aromatic rings. The largest absolute Gasteiger partial charge is 0.312 e. The summed E-state index contributed by atoms with van der Waals surface area (Å²) < 4.78 is 1.55. The third kappa shape index (κ3) is 2.03.